The molecule has 0 bridgehead atoms. The van der Waals surface area contributed by atoms with Gasteiger partial charge in [-0.3, -0.25) is 14.4 Å². The molecule has 1 aliphatic heterocycles. The second kappa shape index (κ2) is 7.86. The summed E-state index contributed by atoms with van der Waals surface area (Å²) in [7, 11) is 0. The summed E-state index contributed by atoms with van der Waals surface area (Å²) in [6.45, 7) is 0.226. The van der Waals surface area contributed by atoms with Gasteiger partial charge in [0, 0.05) is 12.8 Å². The predicted molar refractivity (Wildman–Crippen MR) is 93.6 cm³/mol. The molecule has 3 rings (SSSR count). The lowest BCUT2D eigenvalue weighted by Crippen LogP contribution is -2.52. The predicted octanol–water partition coefficient (Wildman–Crippen LogP) is 0.983. The van der Waals surface area contributed by atoms with Gasteiger partial charge in [-0.25, -0.2) is 0 Å². The fourth-order valence-corrected chi connectivity index (χ4v) is 3.12. The van der Waals surface area contributed by atoms with Crippen LogP contribution in [0.4, 0.5) is 0 Å². The van der Waals surface area contributed by atoms with Gasteiger partial charge in [-0.15, -0.1) is 0 Å². The van der Waals surface area contributed by atoms with E-state index in [1.807, 2.05) is 30.3 Å². The Morgan fingerprint density at radius 3 is 2.65 bits per heavy atom. The fourth-order valence-electron chi connectivity index (χ4n) is 3.12. The zero-order valence-electron chi connectivity index (χ0n) is 14.3. The molecule has 0 radical (unpaired) electrons. The Labute approximate surface area is 151 Å². The zero-order valence-corrected chi connectivity index (χ0v) is 14.3. The summed E-state index contributed by atoms with van der Waals surface area (Å²) in [5.41, 5.74) is 6.35. The highest BCUT2D eigenvalue weighted by Gasteiger charge is 2.37. The number of hydrogen-bond donors (Lipinski definition) is 2. The Morgan fingerprint density at radius 2 is 2.00 bits per heavy atom. The number of rotatable bonds is 7. The molecule has 7 heteroatoms. The molecule has 3 N–H and O–H groups in total. The van der Waals surface area contributed by atoms with Gasteiger partial charge in [0.25, 0.3) is 0 Å². The third-order valence-electron chi connectivity index (χ3n) is 4.48. The van der Waals surface area contributed by atoms with Crippen molar-refractivity contribution in [3.8, 4) is 0 Å². The number of carbonyl (C=O) groups is 3. The first-order chi connectivity index (χ1) is 12.5. The van der Waals surface area contributed by atoms with Crippen LogP contribution in [0, 0.1) is 0 Å². The SMILES string of the molecule is NC(=O)C(Cc1ccccc1)NC(=O)[C@@H]1CCC(=O)N1Cc1ccco1. The molecule has 2 atom stereocenters. The molecule has 136 valence electrons. The largest absolute Gasteiger partial charge is 0.467 e. The van der Waals surface area contributed by atoms with E-state index in [1.165, 1.54) is 11.2 Å². The summed E-state index contributed by atoms with van der Waals surface area (Å²) in [5, 5.41) is 2.70. The molecule has 0 spiro atoms. The summed E-state index contributed by atoms with van der Waals surface area (Å²) in [6, 6.07) is 11.3. The number of furan rings is 1. The van der Waals surface area contributed by atoms with Crippen LogP contribution in [0.25, 0.3) is 0 Å². The second-order valence-corrected chi connectivity index (χ2v) is 6.31. The maximum Gasteiger partial charge on any atom is 0.243 e. The first-order valence-corrected chi connectivity index (χ1v) is 8.50. The van der Waals surface area contributed by atoms with Gasteiger partial charge in [0.1, 0.15) is 17.8 Å². The Hall–Kier alpha value is -3.09. The molecule has 1 saturated heterocycles. The van der Waals surface area contributed by atoms with Crippen LogP contribution < -0.4 is 11.1 Å². The first-order valence-electron chi connectivity index (χ1n) is 8.50. The topological polar surface area (TPSA) is 106 Å². The van der Waals surface area contributed by atoms with Crippen molar-refractivity contribution in [2.75, 3.05) is 0 Å². The van der Waals surface area contributed by atoms with E-state index >= 15 is 0 Å². The molecule has 1 fully saturated rings. The van der Waals surface area contributed by atoms with Gasteiger partial charge in [-0.2, -0.15) is 0 Å². The van der Waals surface area contributed by atoms with Crippen LogP contribution in [0.2, 0.25) is 0 Å². The summed E-state index contributed by atoms with van der Waals surface area (Å²) in [4.78, 5) is 38.1. The highest BCUT2D eigenvalue weighted by molar-refractivity contribution is 5.93. The maximum atomic E-state index is 12.7. The van der Waals surface area contributed by atoms with Gasteiger partial charge in [0.15, 0.2) is 0 Å². The molecule has 1 aromatic carbocycles. The fraction of sp³-hybridized carbons (Fsp3) is 0.316. The number of carbonyl (C=O) groups excluding carboxylic acids is 3. The number of amides is 3. The normalized spacial score (nSPS) is 17.9. The van der Waals surface area contributed by atoms with Crippen LogP contribution in [-0.2, 0) is 27.3 Å². The molecule has 1 aromatic heterocycles. The Morgan fingerprint density at radius 1 is 1.23 bits per heavy atom. The number of primary amides is 1. The van der Waals surface area contributed by atoms with E-state index in [0.29, 0.717) is 25.0 Å². The zero-order chi connectivity index (χ0) is 18.5. The quantitative estimate of drug-likeness (QED) is 0.772. The van der Waals surface area contributed by atoms with Gasteiger partial charge >= 0.3 is 0 Å². The minimum Gasteiger partial charge on any atom is -0.467 e. The monoisotopic (exact) mass is 355 g/mol. The first kappa shape index (κ1) is 17.7. The van der Waals surface area contributed by atoms with Crippen LogP contribution in [0.15, 0.2) is 53.1 Å². The van der Waals surface area contributed by atoms with E-state index < -0.39 is 18.0 Å². The molecule has 7 nitrogen and oxygen atoms in total. The molecule has 2 heterocycles. The van der Waals surface area contributed by atoms with Crippen molar-refractivity contribution in [3.05, 3.63) is 60.1 Å². The molecule has 2 aromatic rings. The summed E-state index contributed by atoms with van der Waals surface area (Å²) in [6.07, 6.45) is 2.52. The number of nitrogens with one attached hydrogen (secondary N) is 1. The third kappa shape index (κ3) is 4.11. The highest BCUT2D eigenvalue weighted by Crippen LogP contribution is 2.22. The molecule has 3 amide bonds. The molecular formula is C19H21N3O4. The third-order valence-corrected chi connectivity index (χ3v) is 4.48. The van der Waals surface area contributed by atoms with Crippen molar-refractivity contribution >= 4 is 17.7 Å². The van der Waals surface area contributed by atoms with E-state index in [1.54, 1.807) is 12.1 Å². The number of likely N-dealkylation sites (tertiary alicyclic amines) is 1. The van der Waals surface area contributed by atoms with Crippen molar-refractivity contribution < 1.29 is 18.8 Å². The van der Waals surface area contributed by atoms with Crippen molar-refractivity contribution in [2.45, 2.75) is 37.9 Å². The molecule has 1 aliphatic rings. The standard InChI is InChI=1S/C19H21N3O4/c20-18(24)15(11-13-5-2-1-3-6-13)21-19(25)16-8-9-17(23)22(16)12-14-7-4-10-26-14/h1-7,10,15-16H,8-9,11-12H2,(H2,20,24)(H,21,25)/t15?,16-/m0/s1. The Kier molecular flexibility index (Phi) is 5.36. The lowest BCUT2D eigenvalue weighted by Gasteiger charge is -2.25. The molecular weight excluding hydrogens is 334 g/mol. The molecule has 26 heavy (non-hydrogen) atoms. The summed E-state index contributed by atoms with van der Waals surface area (Å²) < 4.78 is 5.27. The number of hydrogen-bond acceptors (Lipinski definition) is 4. The molecule has 0 saturated carbocycles. The van der Waals surface area contributed by atoms with Crippen LogP contribution in [0.3, 0.4) is 0 Å². The minimum absolute atomic E-state index is 0.111. The van der Waals surface area contributed by atoms with Crippen molar-refractivity contribution in [1.82, 2.24) is 10.2 Å². The minimum atomic E-state index is -0.828. The van der Waals surface area contributed by atoms with Gasteiger partial charge in [0.05, 0.1) is 12.8 Å². The van der Waals surface area contributed by atoms with Gasteiger partial charge in [-0.05, 0) is 24.1 Å². The second-order valence-electron chi connectivity index (χ2n) is 6.31. The van der Waals surface area contributed by atoms with E-state index in [4.69, 9.17) is 10.2 Å². The Bertz CT molecular complexity index is 773. The summed E-state index contributed by atoms with van der Waals surface area (Å²) >= 11 is 0. The van der Waals surface area contributed by atoms with Gasteiger partial charge < -0.3 is 20.4 Å². The highest BCUT2D eigenvalue weighted by atomic mass is 16.3. The van der Waals surface area contributed by atoms with E-state index in [-0.39, 0.29) is 18.4 Å². The molecule has 1 unspecified atom stereocenters. The van der Waals surface area contributed by atoms with Crippen LogP contribution in [-0.4, -0.2) is 34.7 Å². The lowest BCUT2D eigenvalue weighted by atomic mass is 10.0. The van der Waals surface area contributed by atoms with E-state index in [9.17, 15) is 14.4 Å². The van der Waals surface area contributed by atoms with Gasteiger partial charge in [0.2, 0.25) is 17.7 Å². The van der Waals surface area contributed by atoms with Gasteiger partial charge in [-0.1, -0.05) is 30.3 Å². The van der Waals surface area contributed by atoms with Crippen LogP contribution in [0.5, 0.6) is 0 Å². The van der Waals surface area contributed by atoms with E-state index in [0.717, 1.165) is 5.56 Å². The van der Waals surface area contributed by atoms with Crippen molar-refractivity contribution in [1.29, 1.82) is 0 Å². The summed E-state index contributed by atoms with van der Waals surface area (Å²) in [5.74, 6) is -0.486. The average molecular weight is 355 g/mol. The van der Waals surface area contributed by atoms with Crippen molar-refractivity contribution in [2.24, 2.45) is 5.73 Å². The lowest BCUT2D eigenvalue weighted by molar-refractivity contribution is -0.137. The molecule has 0 aliphatic carbocycles. The average Bonchev–Trinajstić information content (AvgIpc) is 3.26. The number of benzene rings is 1. The van der Waals surface area contributed by atoms with Crippen LogP contribution in [0.1, 0.15) is 24.2 Å². The van der Waals surface area contributed by atoms with E-state index in [2.05, 4.69) is 5.32 Å². The number of nitrogens with two attached hydrogens (primary N) is 1. The maximum absolute atomic E-state index is 12.7. The smallest absolute Gasteiger partial charge is 0.243 e. The number of nitrogens with zero attached hydrogens (tertiary/aromatic N) is 1. The Balaban J connectivity index is 1.68. The van der Waals surface area contributed by atoms with Crippen LogP contribution >= 0.6 is 0 Å². The van der Waals surface area contributed by atoms with Crippen molar-refractivity contribution in [3.63, 3.8) is 0 Å².